The van der Waals surface area contributed by atoms with Crippen molar-refractivity contribution in [2.75, 3.05) is 7.11 Å². The fourth-order valence-electron chi connectivity index (χ4n) is 2.28. The van der Waals surface area contributed by atoms with Crippen molar-refractivity contribution >= 4 is 5.78 Å². The van der Waals surface area contributed by atoms with E-state index in [2.05, 4.69) is 0 Å². The van der Waals surface area contributed by atoms with Crippen LogP contribution in [0.1, 0.15) is 27.0 Å². The molecule has 0 radical (unpaired) electrons. The Morgan fingerprint density at radius 3 is 1.92 bits per heavy atom. The maximum Gasteiger partial charge on any atom is 0.193 e. The van der Waals surface area contributed by atoms with Gasteiger partial charge >= 0.3 is 0 Å². The lowest BCUT2D eigenvalue weighted by Gasteiger charge is -2.06. The van der Waals surface area contributed by atoms with E-state index >= 15 is 0 Å². The van der Waals surface area contributed by atoms with Crippen molar-refractivity contribution in [3.8, 4) is 5.75 Å². The van der Waals surface area contributed by atoms with E-state index in [0.717, 1.165) is 28.0 Å². The van der Waals surface area contributed by atoms with Gasteiger partial charge in [-0.1, -0.05) is 66.2 Å². The summed E-state index contributed by atoms with van der Waals surface area (Å²) >= 11 is 0. The average Bonchev–Trinajstić information content (AvgIpc) is 2.65. The minimum Gasteiger partial charge on any atom is -0.497 e. The van der Waals surface area contributed by atoms with Crippen LogP contribution in [0, 0.1) is 13.8 Å². The van der Waals surface area contributed by atoms with Crippen LogP contribution in [0.5, 0.6) is 5.75 Å². The molecule has 122 valence electrons. The molecular formula is C22H22O2. The lowest BCUT2D eigenvalue weighted by atomic mass is 9.97. The molecule has 0 unspecified atom stereocenters. The van der Waals surface area contributed by atoms with E-state index in [1.54, 1.807) is 7.11 Å². The molecule has 2 nitrogen and oxygen atoms in total. The van der Waals surface area contributed by atoms with Crippen LogP contribution in [0.3, 0.4) is 0 Å². The smallest absolute Gasteiger partial charge is 0.193 e. The van der Waals surface area contributed by atoms with Crippen molar-refractivity contribution in [2.24, 2.45) is 0 Å². The SMILES string of the molecule is COc1ccccc1.Cc1ccc(C)c(C(=O)c2ccccc2)c1. The van der Waals surface area contributed by atoms with E-state index in [9.17, 15) is 4.79 Å². The number of benzene rings is 3. The van der Waals surface area contributed by atoms with E-state index in [1.165, 1.54) is 0 Å². The Morgan fingerprint density at radius 1 is 0.792 bits per heavy atom. The number of hydrogen-bond donors (Lipinski definition) is 0. The number of ether oxygens (including phenoxy) is 1. The highest BCUT2D eigenvalue weighted by Crippen LogP contribution is 2.15. The maximum absolute atomic E-state index is 12.2. The van der Waals surface area contributed by atoms with Crippen LogP contribution < -0.4 is 4.74 Å². The van der Waals surface area contributed by atoms with Gasteiger partial charge in [0, 0.05) is 11.1 Å². The number of rotatable bonds is 3. The maximum atomic E-state index is 12.2. The van der Waals surface area contributed by atoms with Crippen molar-refractivity contribution in [1.82, 2.24) is 0 Å². The fraction of sp³-hybridized carbons (Fsp3) is 0.136. The molecule has 0 aliphatic rings. The summed E-state index contributed by atoms with van der Waals surface area (Å²) in [5.74, 6) is 1.01. The van der Waals surface area contributed by atoms with Gasteiger partial charge in [-0.3, -0.25) is 4.79 Å². The molecule has 2 heteroatoms. The molecular weight excluding hydrogens is 296 g/mol. The molecule has 0 aliphatic carbocycles. The Hall–Kier alpha value is -2.87. The summed E-state index contributed by atoms with van der Waals surface area (Å²) in [4.78, 5) is 12.2. The van der Waals surface area contributed by atoms with Gasteiger partial charge < -0.3 is 4.74 Å². The third-order valence-corrected chi connectivity index (χ3v) is 3.65. The topological polar surface area (TPSA) is 26.3 Å². The van der Waals surface area contributed by atoms with Crippen LogP contribution in [0.25, 0.3) is 0 Å². The van der Waals surface area contributed by atoms with Gasteiger partial charge in [0.25, 0.3) is 0 Å². The summed E-state index contributed by atoms with van der Waals surface area (Å²) in [6, 6.07) is 25.0. The number of carbonyl (C=O) groups excluding carboxylic acids is 1. The third kappa shape index (κ3) is 4.82. The highest BCUT2D eigenvalue weighted by atomic mass is 16.5. The molecule has 0 saturated carbocycles. The van der Waals surface area contributed by atoms with Gasteiger partial charge in [-0.05, 0) is 37.6 Å². The summed E-state index contributed by atoms with van der Waals surface area (Å²) in [6.07, 6.45) is 0. The fourth-order valence-corrected chi connectivity index (χ4v) is 2.28. The molecule has 0 amide bonds. The first-order valence-corrected chi connectivity index (χ1v) is 7.88. The molecule has 3 rings (SSSR count). The van der Waals surface area contributed by atoms with Crippen molar-refractivity contribution < 1.29 is 9.53 Å². The lowest BCUT2D eigenvalue weighted by Crippen LogP contribution is -2.03. The van der Waals surface area contributed by atoms with Gasteiger partial charge in [0.1, 0.15) is 5.75 Å². The highest BCUT2D eigenvalue weighted by Gasteiger charge is 2.10. The molecule has 3 aromatic rings. The zero-order valence-corrected chi connectivity index (χ0v) is 14.3. The van der Waals surface area contributed by atoms with Crippen LogP contribution >= 0.6 is 0 Å². The standard InChI is InChI=1S/C15H14O.C7H8O/c1-11-8-9-12(2)14(10-11)15(16)13-6-4-3-5-7-13;1-8-7-5-3-2-4-6-7/h3-10H,1-2H3;2-6H,1H3. The predicted octanol–water partition coefficient (Wildman–Crippen LogP) is 5.23. The molecule has 0 atom stereocenters. The van der Waals surface area contributed by atoms with E-state index in [4.69, 9.17) is 4.74 Å². The number of hydrogen-bond acceptors (Lipinski definition) is 2. The highest BCUT2D eigenvalue weighted by molar-refractivity contribution is 6.09. The number of ketones is 1. The second kappa shape index (κ2) is 8.68. The van der Waals surface area contributed by atoms with Crippen LogP contribution in [-0.4, -0.2) is 12.9 Å². The van der Waals surface area contributed by atoms with Gasteiger partial charge in [-0.25, -0.2) is 0 Å². The zero-order chi connectivity index (χ0) is 17.4. The zero-order valence-electron chi connectivity index (χ0n) is 14.3. The van der Waals surface area contributed by atoms with Crippen molar-refractivity contribution in [3.05, 3.63) is 101 Å². The van der Waals surface area contributed by atoms with Crippen LogP contribution in [0.15, 0.2) is 78.9 Å². The number of carbonyl (C=O) groups is 1. The first kappa shape index (κ1) is 17.5. The minimum atomic E-state index is 0.0989. The summed E-state index contributed by atoms with van der Waals surface area (Å²) < 4.78 is 4.91. The Bertz CT molecular complexity index is 778. The molecule has 0 bridgehead atoms. The quantitative estimate of drug-likeness (QED) is 0.618. The van der Waals surface area contributed by atoms with Crippen molar-refractivity contribution in [1.29, 1.82) is 0 Å². The molecule has 0 fully saturated rings. The van der Waals surface area contributed by atoms with E-state index < -0.39 is 0 Å². The lowest BCUT2D eigenvalue weighted by molar-refractivity contribution is 0.103. The van der Waals surface area contributed by atoms with Crippen LogP contribution in [-0.2, 0) is 0 Å². The second-order valence-electron chi connectivity index (χ2n) is 5.53. The molecule has 0 saturated heterocycles. The van der Waals surface area contributed by atoms with E-state index in [-0.39, 0.29) is 5.78 Å². The summed E-state index contributed by atoms with van der Waals surface area (Å²) in [5.41, 5.74) is 3.69. The summed E-state index contributed by atoms with van der Waals surface area (Å²) in [5, 5.41) is 0. The Morgan fingerprint density at radius 2 is 1.38 bits per heavy atom. The first-order chi connectivity index (χ1) is 11.6. The van der Waals surface area contributed by atoms with Crippen LogP contribution in [0.2, 0.25) is 0 Å². The summed E-state index contributed by atoms with van der Waals surface area (Å²) in [7, 11) is 1.66. The van der Waals surface area contributed by atoms with Crippen LogP contribution in [0.4, 0.5) is 0 Å². The Balaban J connectivity index is 0.000000219. The first-order valence-electron chi connectivity index (χ1n) is 7.88. The number of para-hydroxylation sites is 1. The Labute approximate surface area is 143 Å². The van der Waals surface area contributed by atoms with Gasteiger partial charge in [-0.15, -0.1) is 0 Å². The number of methoxy groups -OCH3 is 1. The van der Waals surface area contributed by atoms with Gasteiger partial charge in [-0.2, -0.15) is 0 Å². The van der Waals surface area contributed by atoms with Gasteiger partial charge in [0.05, 0.1) is 7.11 Å². The monoisotopic (exact) mass is 318 g/mol. The van der Waals surface area contributed by atoms with Gasteiger partial charge in [0.2, 0.25) is 0 Å². The average molecular weight is 318 g/mol. The van der Waals surface area contributed by atoms with Crippen molar-refractivity contribution in [2.45, 2.75) is 13.8 Å². The molecule has 0 spiro atoms. The summed E-state index contributed by atoms with van der Waals surface area (Å²) in [6.45, 7) is 3.97. The third-order valence-electron chi connectivity index (χ3n) is 3.65. The normalized spacial score (nSPS) is 9.62. The molecule has 0 N–H and O–H groups in total. The second-order valence-corrected chi connectivity index (χ2v) is 5.53. The van der Waals surface area contributed by atoms with Crippen molar-refractivity contribution in [3.63, 3.8) is 0 Å². The Kier molecular flexibility index (Phi) is 6.32. The van der Waals surface area contributed by atoms with E-state index in [0.29, 0.717) is 0 Å². The molecule has 24 heavy (non-hydrogen) atoms. The van der Waals surface area contributed by atoms with Gasteiger partial charge in [0.15, 0.2) is 5.78 Å². The molecule has 3 aromatic carbocycles. The molecule has 0 heterocycles. The predicted molar refractivity (Wildman–Crippen MR) is 98.8 cm³/mol. The number of aryl methyl sites for hydroxylation is 2. The van der Waals surface area contributed by atoms with E-state index in [1.807, 2.05) is 92.7 Å². The molecule has 0 aliphatic heterocycles. The minimum absolute atomic E-state index is 0.0989. The largest absolute Gasteiger partial charge is 0.497 e. The molecule has 0 aromatic heterocycles.